The van der Waals surface area contributed by atoms with Gasteiger partial charge in [0, 0.05) is 31.0 Å². The van der Waals surface area contributed by atoms with Crippen LogP contribution in [0.2, 0.25) is 0 Å². The zero-order chi connectivity index (χ0) is 13.0. The Morgan fingerprint density at radius 1 is 1.16 bits per heavy atom. The summed E-state index contributed by atoms with van der Waals surface area (Å²) in [4.78, 5) is 7.13. The highest BCUT2D eigenvalue weighted by Gasteiger charge is 2.22. The van der Waals surface area contributed by atoms with Gasteiger partial charge in [-0.2, -0.15) is 0 Å². The summed E-state index contributed by atoms with van der Waals surface area (Å²) in [6, 6.07) is 10.8. The number of hydrogen-bond donors (Lipinski definition) is 0. The molecule has 1 saturated heterocycles. The summed E-state index contributed by atoms with van der Waals surface area (Å²) in [5.74, 6) is 0.817. The van der Waals surface area contributed by atoms with Crippen LogP contribution >= 0.6 is 0 Å². The second-order valence-electron chi connectivity index (χ2n) is 5.73. The van der Waals surface area contributed by atoms with E-state index in [-0.39, 0.29) is 0 Å². The minimum absolute atomic E-state index is 0.817. The van der Waals surface area contributed by atoms with Gasteiger partial charge in [-0.25, -0.2) is 4.98 Å². The van der Waals surface area contributed by atoms with Crippen LogP contribution in [0.3, 0.4) is 0 Å². The molecule has 0 saturated carbocycles. The monoisotopic (exact) mass is 251 g/mol. The molecule has 0 spiro atoms. The zero-order valence-electron chi connectivity index (χ0n) is 11.3. The molecule has 1 aliphatic heterocycles. The summed E-state index contributed by atoms with van der Waals surface area (Å²) < 4.78 is 2.18. The van der Waals surface area contributed by atoms with E-state index < -0.39 is 0 Å². The van der Waals surface area contributed by atoms with Gasteiger partial charge in [0.2, 0.25) is 0 Å². The molecule has 0 aliphatic carbocycles. The Labute approximate surface area is 112 Å². The molecule has 0 unspecified atom stereocenters. The Kier molecular flexibility index (Phi) is 2.13. The van der Waals surface area contributed by atoms with Crippen molar-refractivity contribution in [2.75, 3.05) is 18.0 Å². The van der Waals surface area contributed by atoms with Crippen LogP contribution in [0.15, 0.2) is 36.5 Å². The second-order valence-corrected chi connectivity index (χ2v) is 5.73. The average Bonchev–Trinajstić information content (AvgIpc) is 2.72. The van der Waals surface area contributed by atoms with Crippen molar-refractivity contribution in [2.45, 2.75) is 13.8 Å². The molecule has 96 valence electrons. The summed E-state index contributed by atoms with van der Waals surface area (Å²) >= 11 is 0. The molecule has 4 rings (SSSR count). The van der Waals surface area contributed by atoms with E-state index in [9.17, 15) is 0 Å². The number of imidazole rings is 1. The van der Waals surface area contributed by atoms with E-state index in [1.807, 2.05) is 0 Å². The molecule has 3 aromatic rings. The van der Waals surface area contributed by atoms with Crippen molar-refractivity contribution in [3.05, 3.63) is 42.1 Å². The minimum atomic E-state index is 0.817. The maximum atomic E-state index is 4.71. The third-order valence-electron chi connectivity index (χ3n) is 3.97. The van der Waals surface area contributed by atoms with Crippen molar-refractivity contribution in [3.63, 3.8) is 0 Å². The fourth-order valence-corrected chi connectivity index (χ4v) is 2.92. The molecule has 0 N–H and O–H groups in total. The third-order valence-corrected chi connectivity index (χ3v) is 3.97. The van der Waals surface area contributed by atoms with E-state index in [0.29, 0.717) is 0 Å². The fraction of sp³-hybridized carbons (Fsp3) is 0.312. The second kappa shape index (κ2) is 3.73. The van der Waals surface area contributed by atoms with E-state index in [2.05, 4.69) is 59.7 Å². The molecule has 0 bridgehead atoms. The van der Waals surface area contributed by atoms with Crippen LogP contribution in [0.4, 0.5) is 5.69 Å². The molecule has 0 atom stereocenters. The molecule has 3 nitrogen and oxygen atoms in total. The highest BCUT2D eigenvalue weighted by atomic mass is 15.2. The van der Waals surface area contributed by atoms with Gasteiger partial charge in [0.15, 0.2) is 0 Å². The number of aryl methyl sites for hydroxylation is 1. The smallest absolute Gasteiger partial charge is 0.139 e. The Bertz CT molecular complexity index is 766. The first-order valence-electron chi connectivity index (χ1n) is 6.84. The number of nitrogens with zero attached hydrogens (tertiary/aromatic N) is 3. The number of aromatic nitrogens is 2. The Hall–Kier alpha value is -2.03. The molecule has 3 heterocycles. The molecular formula is C16H17N3. The maximum Gasteiger partial charge on any atom is 0.139 e. The van der Waals surface area contributed by atoms with Crippen LogP contribution in [-0.4, -0.2) is 22.5 Å². The Morgan fingerprint density at radius 2 is 2.00 bits per heavy atom. The van der Waals surface area contributed by atoms with Crippen LogP contribution < -0.4 is 4.90 Å². The zero-order valence-corrected chi connectivity index (χ0v) is 11.3. The Balaban J connectivity index is 1.87. The first-order valence-corrected chi connectivity index (χ1v) is 6.84. The summed E-state index contributed by atoms with van der Waals surface area (Å²) in [5, 5.41) is 0. The Morgan fingerprint density at radius 3 is 2.79 bits per heavy atom. The van der Waals surface area contributed by atoms with E-state index in [0.717, 1.165) is 30.2 Å². The lowest BCUT2D eigenvalue weighted by molar-refractivity contribution is 0.447. The SMILES string of the molecule is Cc1ccc2nc3cc(N4CC(C)C4)ccn3c2c1. The van der Waals surface area contributed by atoms with Crippen LogP contribution in [0.25, 0.3) is 16.7 Å². The molecule has 2 aromatic heterocycles. The van der Waals surface area contributed by atoms with Crippen molar-refractivity contribution in [1.29, 1.82) is 0 Å². The van der Waals surface area contributed by atoms with Crippen LogP contribution in [0, 0.1) is 12.8 Å². The van der Waals surface area contributed by atoms with Crippen molar-refractivity contribution in [2.24, 2.45) is 5.92 Å². The number of anilines is 1. The van der Waals surface area contributed by atoms with Crippen LogP contribution in [0.1, 0.15) is 12.5 Å². The van der Waals surface area contributed by atoms with Crippen molar-refractivity contribution >= 4 is 22.4 Å². The molecule has 3 heteroatoms. The molecule has 1 fully saturated rings. The topological polar surface area (TPSA) is 20.5 Å². The van der Waals surface area contributed by atoms with E-state index in [4.69, 9.17) is 4.98 Å². The summed E-state index contributed by atoms with van der Waals surface area (Å²) in [7, 11) is 0. The van der Waals surface area contributed by atoms with Gasteiger partial charge in [0.05, 0.1) is 11.0 Å². The summed E-state index contributed by atoms with van der Waals surface area (Å²) in [6.07, 6.45) is 2.14. The van der Waals surface area contributed by atoms with Crippen molar-refractivity contribution in [3.8, 4) is 0 Å². The molecule has 19 heavy (non-hydrogen) atoms. The summed E-state index contributed by atoms with van der Waals surface area (Å²) in [6.45, 7) is 6.74. The molecule has 1 aliphatic rings. The molecule has 0 amide bonds. The van der Waals surface area contributed by atoms with Crippen LogP contribution in [-0.2, 0) is 0 Å². The van der Waals surface area contributed by atoms with E-state index >= 15 is 0 Å². The first-order chi connectivity index (χ1) is 9.20. The molecular weight excluding hydrogens is 234 g/mol. The van der Waals surface area contributed by atoms with Gasteiger partial charge >= 0.3 is 0 Å². The molecule has 1 aromatic carbocycles. The minimum Gasteiger partial charge on any atom is -0.371 e. The van der Waals surface area contributed by atoms with Crippen molar-refractivity contribution < 1.29 is 0 Å². The fourth-order valence-electron chi connectivity index (χ4n) is 2.92. The lowest BCUT2D eigenvalue weighted by Crippen LogP contribution is -2.45. The number of benzene rings is 1. The summed E-state index contributed by atoms with van der Waals surface area (Å²) in [5.41, 5.74) is 5.86. The van der Waals surface area contributed by atoms with Gasteiger partial charge in [0.25, 0.3) is 0 Å². The number of pyridine rings is 1. The normalized spacial score (nSPS) is 16.2. The quantitative estimate of drug-likeness (QED) is 0.661. The van der Waals surface area contributed by atoms with E-state index in [1.165, 1.54) is 16.8 Å². The number of hydrogen-bond acceptors (Lipinski definition) is 2. The van der Waals surface area contributed by atoms with Gasteiger partial charge in [-0.15, -0.1) is 0 Å². The predicted molar refractivity (Wildman–Crippen MR) is 78.8 cm³/mol. The largest absolute Gasteiger partial charge is 0.371 e. The van der Waals surface area contributed by atoms with Gasteiger partial charge in [-0.05, 0) is 36.6 Å². The highest BCUT2D eigenvalue weighted by molar-refractivity contribution is 5.82. The van der Waals surface area contributed by atoms with Gasteiger partial charge < -0.3 is 4.90 Å². The first kappa shape index (κ1) is 10.9. The number of rotatable bonds is 1. The van der Waals surface area contributed by atoms with Gasteiger partial charge in [0.1, 0.15) is 5.65 Å². The lowest BCUT2D eigenvalue weighted by Gasteiger charge is -2.39. The standard InChI is InChI=1S/C16H17N3/c1-11-3-4-14-15(7-11)19-6-5-13(8-16(19)17-14)18-9-12(2)10-18/h3-8,12H,9-10H2,1-2H3. The van der Waals surface area contributed by atoms with Crippen LogP contribution in [0.5, 0.6) is 0 Å². The molecule has 0 radical (unpaired) electrons. The predicted octanol–water partition coefficient (Wildman–Crippen LogP) is 3.25. The van der Waals surface area contributed by atoms with Crippen molar-refractivity contribution in [1.82, 2.24) is 9.38 Å². The lowest BCUT2D eigenvalue weighted by atomic mass is 10.0. The number of fused-ring (bicyclic) bond motifs is 3. The highest BCUT2D eigenvalue weighted by Crippen LogP contribution is 2.27. The van der Waals surface area contributed by atoms with Gasteiger partial charge in [-0.3, -0.25) is 4.40 Å². The van der Waals surface area contributed by atoms with E-state index in [1.54, 1.807) is 0 Å². The average molecular weight is 251 g/mol. The third kappa shape index (κ3) is 1.61. The maximum absolute atomic E-state index is 4.71. The van der Waals surface area contributed by atoms with Gasteiger partial charge in [-0.1, -0.05) is 13.0 Å².